The largest absolute Gasteiger partial charge is 0.355 e. The van der Waals surface area contributed by atoms with Gasteiger partial charge in [-0.05, 0) is 48.4 Å². The molecule has 0 unspecified atom stereocenters. The number of nitrogens with zero attached hydrogens (tertiary/aromatic N) is 2. The van der Waals surface area contributed by atoms with Gasteiger partial charge >= 0.3 is 0 Å². The molecule has 3 rings (SSSR count). The zero-order chi connectivity index (χ0) is 27.9. The minimum Gasteiger partial charge on any atom is -0.355 e. The van der Waals surface area contributed by atoms with E-state index in [-0.39, 0.29) is 34.6 Å². The average molecular weight is 597 g/mol. The summed E-state index contributed by atoms with van der Waals surface area (Å²) in [4.78, 5) is 28.6. The Hall–Kier alpha value is -2.78. The first-order valence-corrected chi connectivity index (χ1v) is 14.8. The Morgan fingerprint density at radius 1 is 0.895 bits per heavy atom. The molecule has 0 saturated heterocycles. The second kappa shape index (κ2) is 13.3. The molecule has 7 nitrogen and oxygen atoms in total. The van der Waals surface area contributed by atoms with Crippen molar-refractivity contribution in [2.45, 2.75) is 25.9 Å². The number of rotatable bonds is 11. The summed E-state index contributed by atoms with van der Waals surface area (Å²) >= 11 is 18.2. The molecule has 0 radical (unpaired) electrons. The van der Waals surface area contributed by atoms with Gasteiger partial charge in [0.05, 0.1) is 22.0 Å². The van der Waals surface area contributed by atoms with Gasteiger partial charge in [0.25, 0.3) is 0 Å². The van der Waals surface area contributed by atoms with E-state index in [1.165, 1.54) is 23.1 Å². The lowest BCUT2D eigenvalue weighted by Crippen LogP contribution is -2.53. The summed E-state index contributed by atoms with van der Waals surface area (Å²) in [7, 11) is -3.90. The summed E-state index contributed by atoms with van der Waals surface area (Å²) in [5, 5.41) is 3.73. The summed E-state index contributed by atoms with van der Waals surface area (Å²) < 4.78 is 26.5. The van der Waals surface area contributed by atoms with E-state index in [1.807, 2.05) is 30.3 Å². The number of hydrogen-bond donors (Lipinski definition) is 1. The maximum Gasteiger partial charge on any atom is 0.244 e. The van der Waals surface area contributed by atoms with Crippen LogP contribution < -0.4 is 9.62 Å². The standard InChI is InChI=1S/C27H28Cl3N3O4S/c1-3-31-27(35)25(15-19-7-5-4-6-8-19)32(17-20-9-11-21(28)12-10-20)26(34)18-33(38(2,36)37)22-13-14-23(29)24(30)16-22/h4-14,16,25H,3,15,17-18H2,1-2H3,(H,31,35)/t25-/m1/s1. The topological polar surface area (TPSA) is 86.8 Å². The quantitative estimate of drug-likeness (QED) is 0.330. The van der Waals surface area contributed by atoms with E-state index >= 15 is 0 Å². The first kappa shape index (κ1) is 29.8. The third-order valence-electron chi connectivity index (χ3n) is 5.76. The smallest absolute Gasteiger partial charge is 0.244 e. The molecule has 1 N–H and O–H groups in total. The van der Waals surface area contributed by atoms with Crippen LogP contribution in [0.1, 0.15) is 18.1 Å². The molecule has 202 valence electrons. The van der Waals surface area contributed by atoms with Crippen LogP contribution in [0.15, 0.2) is 72.8 Å². The number of anilines is 1. The SMILES string of the molecule is CCNC(=O)[C@@H](Cc1ccccc1)N(Cc1ccc(Cl)cc1)C(=O)CN(c1ccc(Cl)c(Cl)c1)S(C)(=O)=O. The van der Waals surface area contributed by atoms with E-state index in [1.54, 1.807) is 31.2 Å². The number of benzene rings is 3. The Morgan fingerprint density at radius 2 is 1.55 bits per heavy atom. The highest BCUT2D eigenvalue weighted by molar-refractivity contribution is 7.92. The normalized spacial score (nSPS) is 12.0. The molecule has 0 aliphatic heterocycles. The molecule has 0 bridgehead atoms. The monoisotopic (exact) mass is 595 g/mol. The van der Waals surface area contributed by atoms with Crippen LogP contribution in [0.3, 0.4) is 0 Å². The van der Waals surface area contributed by atoms with E-state index in [0.29, 0.717) is 11.6 Å². The molecule has 0 saturated carbocycles. The zero-order valence-corrected chi connectivity index (χ0v) is 24.0. The van der Waals surface area contributed by atoms with Crippen molar-refractivity contribution in [1.82, 2.24) is 10.2 Å². The first-order valence-electron chi connectivity index (χ1n) is 11.8. The van der Waals surface area contributed by atoms with Crippen molar-refractivity contribution >= 4 is 62.3 Å². The van der Waals surface area contributed by atoms with Crippen molar-refractivity contribution in [3.05, 3.63) is 99.0 Å². The fraction of sp³-hybridized carbons (Fsp3) is 0.259. The molecular formula is C27H28Cl3N3O4S. The first-order chi connectivity index (χ1) is 18.0. The Labute approximate surface area is 238 Å². The Morgan fingerprint density at radius 3 is 2.13 bits per heavy atom. The van der Waals surface area contributed by atoms with Gasteiger partial charge in [0, 0.05) is 24.5 Å². The Kier molecular flexibility index (Phi) is 10.4. The van der Waals surface area contributed by atoms with Gasteiger partial charge in [-0.1, -0.05) is 77.3 Å². The fourth-order valence-corrected chi connectivity index (χ4v) is 5.15. The second-order valence-electron chi connectivity index (χ2n) is 8.62. The van der Waals surface area contributed by atoms with E-state index in [9.17, 15) is 18.0 Å². The van der Waals surface area contributed by atoms with Crippen LogP contribution in [0.2, 0.25) is 15.1 Å². The van der Waals surface area contributed by atoms with E-state index in [2.05, 4.69) is 5.32 Å². The maximum atomic E-state index is 13.9. The molecule has 0 fully saturated rings. The molecule has 2 amide bonds. The van der Waals surface area contributed by atoms with Crippen LogP contribution in [0.5, 0.6) is 0 Å². The van der Waals surface area contributed by atoms with Crippen molar-refractivity contribution in [1.29, 1.82) is 0 Å². The van der Waals surface area contributed by atoms with Crippen molar-refractivity contribution in [3.63, 3.8) is 0 Å². The Balaban J connectivity index is 2.04. The molecule has 3 aromatic rings. The van der Waals surface area contributed by atoms with Crippen LogP contribution >= 0.6 is 34.8 Å². The highest BCUT2D eigenvalue weighted by Crippen LogP contribution is 2.29. The number of carbonyl (C=O) groups is 2. The lowest BCUT2D eigenvalue weighted by molar-refractivity contribution is -0.140. The van der Waals surface area contributed by atoms with E-state index in [4.69, 9.17) is 34.8 Å². The van der Waals surface area contributed by atoms with Crippen LogP contribution in [0.25, 0.3) is 0 Å². The minimum absolute atomic E-state index is 0.0591. The average Bonchev–Trinajstić information content (AvgIpc) is 2.87. The highest BCUT2D eigenvalue weighted by Gasteiger charge is 2.33. The van der Waals surface area contributed by atoms with Gasteiger partial charge in [-0.15, -0.1) is 0 Å². The number of amides is 2. The lowest BCUT2D eigenvalue weighted by Gasteiger charge is -2.33. The third kappa shape index (κ3) is 8.11. The summed E-state index contributed by atoms with van der Waals surface area (Å²) in [5.74, 6) is -0.914. The van der Waals surface area contributed by atoms with E-state index < -0.39 is 28.5 Å². The third-order valence-corrected chi connectivity index (χ3v) is 7.89. The highest BCUT2D eigenvalue weighted by atomic mass is 35.5. The van der Waals surface area contributed by atoms with Gasteiger partial charge in [-0.3, -0.25) is 13.9 Å². The van der Waals surface area contributed by atoms with Gasteiger partial charge < -0.3 is 10.2 Å². The predicted molar refractivity (Wildman–Crippen MR) is 153 cm³/mol. The molecule has 1 atom stereocenters. The number of sulfonamides is 1. The fourth-order valence-electron chi connectivity index (χ4n) is 3.89. The summed E-state index contributed by atoms with van der Waals surface area (Å²) in [6.07, 6.45) is 1.23. The molecule has 0 aliphatic rings. The van der Waals surface area contributed by atoms with Crippen molar-refractivity contribution in [3.8, 4) is 0 Å². The second-order valence-corrected chi connectivity index (χ2v) is 11.8. The number of likely N-dealkylation sites (N-methyl/N-ethyl adjacent to an activating group) is 1. The molecule has 0 aromatic heterocycles. The van der Waals surface area contributed by atoms with Crippen molar-refractivity contribution in [2.75, 3.05) is 23.7 Å². The number of nitrogens with one attached hydrogen (secondary N) is 1. The van der Waals surface area contributed by atoms with Gasteiger partial charge in [0.2, 0.25) is 21.8 Å². The summed E-state index contributed by atoms with van der Waals surface area (Å²) in [6.45, 7) is 1.67. The number of carbonyl (C=O) groups excluding carboxylic acids is 2. The maximum absolute atomic E-state index is 13.9. The molecule has 3 aromatic carbocycles. The molecule has 0 aliphatic carbocycles. The van der Waals surface area contributed by atoms with Crippen LogP contribution in [0.4, 0.5) is 5.69 Å². The predicted octanol–water partition coefficient (Wildman–Crippen LogP) is 5.19. The van der Waals surface area contributed by atoms with Crippen LogP contribution in [-0.2, 0) is 32.6 Å². The number of hydrogen-bond acceptors (Lipinski definition) is 4. The summed E-state index contributed by atoms with van der Waals surface area (Å²) in [6, 6.07) is 19.6. The van der Waals surface area contributed by atoms with Crippen LogP contribution in [-0.4, -0.2) is 50.5 Å². The minimum atomic E-state index is -3.90. The van der Waals surface area contributed by atoms with E-state index in [0.717, 1.165) is 21.7 Å². The van der Waals surface area contributed by atoms with Gasteiger partial charge in [-0.25, -0.2) is 8.42 Å². The van der Waals surface area contributed by atoms with Gasteiger partial charge in [0.15, 0.2) is 0 Å². The van der Waals surface area contributed by atoms with Gasteiger partial charge in [-0.2, -0.15) is 0 Å². The molecule has 11 heteroatoms. The molecule has 0 heterocycles. The lowest BCUT2D eigenvalue weighted by atomic mass is 10.0. The molecule has 0 spiro atoms. The van der Waals surface area contributed by atoms with Crippen molar-refractivity contribution in [2.24, 2.45) is 0 Å². The zero-order valence-electron chi connectivity index (χ0n) is 20.9. The molecule has 38 heavy (non-hydrogen) atoms. The number of halogens is 3. The molecular weight excluding hydrogens is 569 g/mol. The summed E-state index contributed by atoms with van der Waals surface area (Å²) in [5.41, 5.74) is 1.76. The Bertz CT molecular complexity index is 1370. The van der Waals surface area contributed by atoms with Crippen LogP contribution in [0, 0.1) is 0 Å². The van der Waals surface area contributed by atoms with Crippen molar-refractivity contribution < 1.29 is 18.0 Å². The van der Waals surface area contributed by atoms with Gasteiger partial charge in [0.1, 0.15) is 12.6 Å².